The number of hydrogen-bond acceptors (Lipinski definition) is 2. The molecule has 1 N–H and O–H groups in total. The van der Waals surface area contributed by atoms with Crippen molar-refractivity contribution in [1.29, 1.82) is 0 Å². The van der Waals surface area contributed by atoms with Gasteiger partial charge in [-0.05, 0) is 44.5 Å². The van der Waals surface area contributed by atoms with Crippen LogP contribution in [-0.2, 0) is 13.2 Å². The first kappa shape index (κ1) is 16.1. The standard InChI is InChI=1S/C18H22BrNO/c1-18(2,3)20-12-15-8-4-5-10-17(15)21-13-14-7-6-9-16(19)11-14/h4-11,20H,12-13H2,1-3H3. The highest BCUT2D eigenvalue weighted by atomic mass is 79.9. The van der Waals surface area contributed by atoms with Crippen molar-refractivity contribution in [2.45, 2.75) is 39.5 Å². The van der Waals surface area contributed by atoms with E-state index in [2.05, 4.69) is 60.2 Å². The van der Waals surface area contributed by atoms with Gasteiger partial charge in [-0.25, -0.2) is 0 Å². The lowest BCUT2D eigenvalue weighted by atomic mass is 10.1. The second kappa shape index (κ2) is 7.10. The molecule has 0 fully saturated rings. The van der Waals surface area contributed by atoms with E-state index in [0.717, 1.165) is 22.3 Å². The van der Waals surface area contributed by atoms with Crippen LogP contribution in [0.1, 0.15) is 31.9 Å². The zero-order valence-electron chi connectivity index (χ0n) is 12.8. The lowest BCUT2D eigenvalue weighted by molar-refractivity contribution is 0.300. The maximum absolute atomic E-state index is 5.98. The van der Waals surface area contributed by atoms with Crippen molar-refractivity contribution in [3.63, 3.8) is 0 Å². The van der Waals surface area contributed by atoms with Crippen LogP contribution in [-0.4, -0.2) is 5.54 Å². The summed E-state index contributed by atoms with van der Waals surface area (Å²) in [6.45, 7) is 7.87. The Bertz CT molecular complexity index is 590. The van der Waals surface area contributed by atoms with Crippen LogP contribution in [0, 0.1) is 0 Å². The molecule has 0 spiro atoms. The minimum atomic E-state index is 0.0946. The van der Waals surface area contributed by atoms with E-state index in [4.69, 9.17) is 4.74 Å². The summed E-state index contributed by atoms with van der Waals surface area (Å²) in [4.78, 5) is 0. The molecule has 0 amide bonds. The minimum Gasteiger partial charge on any atom is -0.489 e. The van der Waals surface area contributed by atoms with Gasteiger partial charge in [0.2, 0.25) is 0 Å². The Morgan fingerprint density at radius 2 is 1.81 bits per heavy atom. The van der Waals surface area contributed by atoms with Crippen molar-refractivity contribution in [3.05, 3.63) is 64.1 Å². The molecule has 0 aliphatic rings. The normalized spacial score (nSPS) is 11.4. The summed E-state index contributed by atoms with van der Waals surface area (Å²) in [6.07, 6.45) is 0. The Balaban J connectivity index is 2.03. The molecule has 2 aromatic rings. The fraction of sp³-hybridized carbons (Fsp3) is 0.333. The summed E-state index contributed by atoms with van der Waals surface area (Å²) >= 11 is 3.48. The number of halogens is 1. The SMILES string of the molecule is CC(C)(C)NCc1ccccc1OCc1cccc(Br)c1. The van der Waals surface area contributed by atoms with Crippen LogP contribution < -0.4 is 10.1 Å². The maximum Gasteiger partial charge on any atom is 0.124 e. The molecular weight excluding hydrogens is 326 g/mol. The Kier molecular flexibility index (Phi) is 5.43. The molecule has 0 saturated carbocycles. The molecule has 21 heavy (non-hydrogen) atoms. The largest absolute Gasteiger partial charge is 0.489 e. The van der Waals surface area contributed by atoms with Gasteiger partial charge in [-0.15, -0.1) is 0 Å². The van der Waals surface area contributed by atoms with Crippen LogP contribution >= 0.6 is 15.9 Å². The van der Waals surface area contributed by atoms with Gasteiger partial charge in [-0.2, -0.15) is 0 Å². The highest BCUT2D eigenvalue weighted by molar-refractivity contribution is 9.10. The zero-order chi connectivity index (χ0) is 15.3. The summed E-state index contributed by atoms with van der Waals surface area (Å²) in [5, 5.41) is 3.50. The molecule has 0 unspecified atom stereocenters. The van der Waals surface area contributed by atoms with Gasteiger partial charge >= 0.3 is 0 Å². The van der Waals surface area contributed by atoms with E-state index in [1.807, 2.05) is 30.3 Å². The fourth-order valence-corrected chi connectivity index (χ4v) is 2.39. The molecule has 0 radical (unpaired) electrons. The number of nitrogens with one attached hydrogen (secondary N) is 1. The minimum absolute atomic E-state index is 0.0946. The predicted molar refractivity (Wildman–Crippen MR) is 91.5 cm³/mol. The van der Waals surface area contributed by atoms with Gasteiger partial charge in [-0.1, -0.05) is 46.3 Å². The van der Waals surface area contributed by atoms with Gasteiger partial charge in [0.25, 0.3) is 0 Å². The highest BCUT2D eigenvalue weighted by Gasteiger charge is 2.10. The average molecular weight is 348 g/mol. The monoisotopic (exact) mass is 347 g/mol. The van der Waals surface area contributed by atoms with E-state index in [-0.39, 0.29) is 5.54 Å². The summed E-state index contributed by atoms with van der Waals surface area (Å²) in [7, 11) is 0. The Hall–Kier alpha value is -1.32. The molecule has 0 bridgehead atoms. The second-order valence-electron chi connectivity index (χ2n) is 6.13. The van der Waals surface area contributed by atoms with Crippen LogP contribution in [0.3, 0.4) is 0 Å². The molecule has 0 atom stereocenters. The van der Waals surface area contributed by atoms with Gasteiger partial charge in [0.15, 0.2) is 0 Å². The van der Waals surface area contributed by atoms with Crippen LogP contribution in [0.15, 0.2) is 53.0 Å². The zero-order valence-corrected chi connectivity index (χ0v) is 14.4. The number of ether oxygens (including phenoxy) is 1. The Labute approximate surface area is 135 Å². The van der Waals surface area contributed by atoms with Gasteiger partial charge < -0.3 is 10.1 Å². The van der Waals surface area contributed by atoms with Crippen LogP contribution in [0.4, 0.5) is 0 Å². The molecule has 2 rings (SSSR count). The van der Waals surface area contributed by atoms with Crippen LogP contribution in [0.25, 0.3) is 0 Å². The van der Waals surface area contributed by atoms with Gasteiger partial charge in [-0.3, -0.25) is 0 Å². The van der Waals surface area contributed by atoms with E-state index in [0.29, 0.717) is 6.61 Å². The van der Waals surface area contributed by atoms with Crippen molar-refractivity contribution < 1.29 is 4.74 Å². The summed E-state index contributed by atoms with van der Waals surface area (Å²) in [5.74, 6) is 0.939. The lowest BCUT2D eigenvalue weighted by Gasteiger charge is -2.21. The van der Waals surface area contributed by atoms with E-state index in [9.17, 15) is 0 Å². The Morgan fingerprint density at radius 3 is 2.52 bits per heavy atom. The first-order chi connectivity index (χ1) is 9.94. The highest BCUT2D eigenvalue weighted by Crippen LogP contribution is 2.21. The number of benzene rings is 2. The van der Waals surface area contributed by atoms with Gasteiger partial charge in [0.05, 0.1) is 0 Å². The van der Waals surface area contributed by atoms with E-state index in [1.165, 1.54) is 5.56 Å². The quantitative estimate of drug-likeness (QED) is 0.828. The topological polar surface area (TPSA) is 21.3 Å². The average Bonchev–Trinajstić information content (AvgIpc) is 2.43. The third-order valence-electron chi connectivity index (χ3n) is 3.07. The summed E-state index contributed by atoms with van der Waals surface area (Å²) in [6, 6.07) is 16.4. The predicted octanol–water partition coefficient (Wildman–Crippen LogP) is 4.92. The molecule has 0 saturated heterocycles. The molecule has 0 aromatic heterocycles. The van der Waals surface area contributed by atoms with Crippen molar-refractivity contribution in [3.8, 4) is 5.75 Å². The smallest absolute Gasteiger partial charge is 0.124 e. The molecule has 0 heterocycles. The van der Waals surface area contributed by atoms with E-state index < -0.39 is 0 Å². The number of hydrogen-bond donors (Lipinski definition) is 1. The first-order valence-corrected chi connectivity index (χ1v) is 7.93. The summed E-state index contributed by atoms with van der Waals surface area (Å²) in [5.41, 5.74) is 2.43. The van der Waals surface area contributed by atoms with Crippen molar-refractivity contribution in [2.75, 3.05) is 0 Å². The van der Waals surface area contributed by atoms with Crippen LogP contribution in [0.5, 0.6) is 5.75 Å². The molecule has 0 aliphatic carbocycles. The maximum atomic E-state index is 5.98. The number of para-hydroxylation sites is 1. The molecular formula is C18H22BrNO. The second-order valence-corrected chi connectivity index (χ2v) is 7.05. The fourth-order valence-electron chi connectivity index (χ4n) is 1.94. The van der Waals surface area contributed by atoms with Crippen molar-refractivity contribution in [2.24, 2.45) is 0 Å². The Morgan fingerprint density at radius 1 is 1.05 bits per heavy atom. The molecule has 0 aliphatic heterocycles. The van der Waals surface area contributed by atoms with E-state index >= 15 is 0 Å². The van der Waals surface area contributed by atoms with Crippen molar-refractivity contribution in [1.82, 2.24) is 5.32 Å². The first-order valence-electron chi connectivity index (χ1n) is 7.14. The molecule has 2 aromatic carbocycles. The molecule has 112 valence electrons. The van der Waals surface area contributed by atoms with Crippen LogP contribution in [0.2, 0.25) is 0 Å². The summed E-state index contributed by atoms with van der Waals surface area (Å²) < 4.78 is 7.06. The third-order valence-corrected chi connectivity index (χ3v) is 3.56. The van der Waals surface area contributed by atoms with Gasteiger partial charge in [0.1, 0.15) is 12.4 Å². The lowest BCUT2D eigenvalue weighted by Crippen LogP contribution is -2.35. The van der Waals surface area contributed by atoms with Gasteiger partial charge in [0, 0.05) is 22.1 Å². The molecule has 2 nitrogen and oxygen atoms in total. The molecule has 3 heteroatoms. The van der Waals surface area contributed by atoms with E-state index in [1.54, 1.807) is 0 Å². The number of rotatable bonds is 5. The third kappa shape index (κ3) is 5.52. The van der Waals surface area contributed by atoms with Crippen molar-refractivity contribution >= 4 is 15.9 Å².